The van der Waals surface area contributed by atoms with Crippen molar-refractivity contribution in [2.45, 2.75) is 6.92 Å². The second-order valence-corrected chi connectivity index (χ2v) is 1.33. The number of nitrogens with two attached hydrogens (primary N) is 1. The molecule has 0 saturated heterocycles. The van der Waals surface area contributed by atoms with Gasteiger partial charge in [-0.2, -0.15) is 0 Å². The summed E-state index contributed by atoms with van der Waals surface area (Å²) in [6, 6.07) is 0. The lowest BCUT2D eigenvalue weighted by atomic mass is 10.4. The van der Waals surface area contributed by atoms with Crippen molar-refractivity contribution in [2.75, 3.05) is 13.2 Å². The summed E-state index contributed by atoms with van der Waals surface area (Å²) in [4.78, 5) is 10.1. The van der Waals surface area contributed by atoms with Crippen LogP contribution in [-0.2, 0) is 4.79 Å². The Morgan fingerprint density at radius 2 is 2.43 bits per heavy atom. The average molecular weight is 102 g/mol. The van der Waals surface area contributed by atoms with Crippen molar-refractivity contribution < 1.29 is 4.79 Å². The molecule has 0 heterocycles. The van der Waals surface area contributed by atoms with Gasteiger partial charge in [0, 0.05) is 6.67 Å². The first-order chi connectivity index (χ1) is 3.27. The molecule has 0 aromatic rings. The zero-order valence-corrected chi connectivity index (χ0v) is 4.40. The van der Waals surface area contributed by atoms with Crippen molar-refractivity contribution in [2.24, 2.45) is 5.73 Å². The second-order valence-electron chi connectivity index (χ2n) is 1.33. The molecule has 0 saturated carbocycles. The van der Waals surface area contributed by atoms with Crippen molar-refractivity contribution >= 4 is 5.78 Å². The van der Waals surface area contributed by atoms with Crippen LogP contribution >= 0.6 is 0 Å². The number of carbonyl (C=O) groups excluding carboxylic acids is 1. The first-order valence-corrected chi connectivity index (χ1v) is 2.17. The molecule has 0 spiro atoms. The van der Waals surface area contributed by atoms with Crippen molar-refractivity contribution in [3.8, 4) is 0 Å². The van der Waals surface area contributed by atoms with Gasteiger partial charge in [0.15, 0.2) is 0 Å². The fourth-order valence-corrected chi connectivity index (χ4v) is 0.248. The predicted molar refractivity (Wildman–Crippen MR) is 27.7 cm³/mol. The van der Waals surface area contributed by atoms with Crippen molar-refractivity contribution in [1.29, 1.82) is 0 Å². The fourth-order valence-electron chi connectivity index (χ4n) is 0.248. The Kier molecular flexibility index (Phi) is 3.55. The first-order valence-electron chi connectivity index (χ1n) is 2.17. The van der Waals surface area contributed by atoms with Gasteiger partial charge in [0.05, 0.1) is 6.54 Å². The molecular formula is C4H10N2O. The van der Waals surface area contributed by atoms with Gasteiger partial charge in [-0.15, -0.1) is 0 Å². The Hall–Kier alpha value is -0.410. The molecule has 0 aliphatic carbocycles. The van der Waals surface area contributed by atoms with Gasteiger partial charge in [0.2, 0.25) is 0 Å². The molecule has 0 atom stereocenters. The van der Waals surface area contributed by atoms with Crippen LogP contribution in [0, 0.1) is 0 Å². The number of carbonyl (C=O) groups is 1. The van der Waals surface area contributed by atoms with Crippen LogP contribution in [0.15, 0.2) is 0 Å². The van der Waals surface area contributed by atoms with E-state index in [-0.39, 0.29) is 5.78 Å². The van der Waals surface area contributed by atoms with Gasteiger partial charge < -0.3 is 5.73 Å². The van der Waals surface area contributed by atoms with Crippen molar-refractivity contribution in [1.82, 2.24) is 5.32 Å². The van der Waals surface area contributed by atoms with Crippen molar-refractivity contribution in [3.63, 3.8) is 0 Å². The summed E-state index contributed by atoms with van der Waals surface area (Å²) in [6.45, 7) is 2.28. The molecule has 0 aliphatic rings. The van der Waals surface area contributed by atoms with E-state index in [1.54, 1.807) is 0 Å². The maximum atomic E-state index is 10.1. The largest absolute Gasteiger partial charge is 0.318 e. The summed E-state index contributed by atoms with van der Waals surface area (Å²) in [6.07, 6.45) is 0. The number of Topliss-reactive ketones (excluding diaryl/α,β-unsaturated/α-hetero) is 1. The molecule has 0 amide bonds. The van der Waals surface area contributed by atoms with Gasteiger partial charge in [-0.1, -0.05) is 0 Å². The van der Waals surface area contributed by atoms with Crippen LogP contribution < -0.4 is 11.1 Å². The van der Waals surface area contributed by atoms with E-state index in [0.717, 1.165) is 0 Å². The average Bonchev–Trinajstić information content (AvgIpc) is 1.61. The summed E-state index contributed by atoms with van der Waals surface area (Å²) < 4.78 is 0. The standard InChI is InChI=1S/C4H10N2O/c1-4(7)2-6-3-5/h6H,2-3,5H2,1H3. The molecule has 3 nitrogen and oxygen atoms in total. The minimum absolute atomic E-state index is 0.116. The van der Waals surface area contributed by atoms with Crippen molar-refractivity contribution in [3.05, 3.63) is 0 Å². The van der Waals surface area contributed by atoms with E-state index < -0.39 is 0 Å². The van der Waals surface area contributed by atoms with Gasteiger partial charge in [0.25, 0.3) is 0 Å². The molecule has 0 unspecified atom stereocenters. The van der Waals surface area contributed by atoms with Gasteiger partial charge in [0.1, 0.15) is 5.78 Å². The van der Waals surface area contributed by atoms with E-state index in [1.807, 2.05) is 0 Å². The number of hydrogen-bond acceptors (Lipinski definition) is 3. The number of hydrogen-bond donors (Lipinski definition) is 2. The minimum Gasteiger partial charge on any atom is -0.318 e. The van der Waals surface area contributed by atoms with Gasteiger partial charge in [-0.25, -0.2) is 0 Å². The number of nitrogens with one attached hydrogen (secondary N) is 1. The molecule has 0 aliphatic heterocycles. The van der Waals surface area contributed by atoms with Crippen LogP contribution in [0.25, 0.3) is 0 Å². The summed E-state index contributed by atoms with van der Waals surface area (Å²) in [5, 5.41) is 2.68. The Balaban J connectivity index is 2.82. The van der Waals surface area contributed by atoms with Crippen LogP contribution in [0.4, 0.5) is 0 Å². The molecule has 0 radical (unpaired) electrons. The molecule has 0 aromatic heterocycles. The summed E-state index contributed by atoms with van der Waals surface area (Å²) in [7, 11) is 0. The number of rotatable bonds is 3. The van der Waals surface area contributed by atoms with Crippen LogP contribution in [-0.4, -0.2) is 19.0 Å². The smallest absolute Gasteiger partial charge is 0.143 e. The van der Waals surface area contributed by atoms with Crippen LogP contribution in [0.3, 0.4) is 0 Å². The zero-order valence-electron chi connectivity index (χ0n) is 4.40. The molecule has 3 N–H and O–H groups in total. The molecular weight excluding hydrogens is 92.1 g/mol. The topological polar surface area (TPSA) is 55.1 Å². The third-order valence-electron chi connectivity index (χ3n) is 0.518. The van der Waals surface area contributed by atoms with E-state index in [1.165, 1.54) is 6.92 Å². The Morgan fingerprint density at radius 3 is 2.57 bits per heavy atom. The highest BCUT2D eigenvalue weighted by molar-refractivity contribution is 5.77. The molecule has 0 rings (SSSR count). The first kappa shape index (κ1) is 6.59. The summed E-state index contributed by atoms with van der Waals surface area (Å²) >= 11 is 0. The molecule has 0 fully saturated rings. The lowest BCUT2D eigenvalue weighted by molar-refractivity contribution is -0.116. The quantitative estimate of drug-likeness (QED) is 0.453. The highest BCUT2D eigenvalue weighted by Crippen LogP contribution is 1.58. The molecule has 3 heteroatoms. The van der Waals surface area contributed by atoms with Crippen LogP contribution in [0.5, 0.6) is 0 Å². The SMILES string of the molecule is CC(=O)CNCN. The van der Waals surface area contributed by atoms with E-state index in [9.17, 15) is 4.79 Å². The normalized spacial score (nSPS) is 8.86. The highest BCUT2D eigenvalue weighted by atomic mass is 16.1. The molecule has 7 heavy (non-hydrogen) atoms. The molecule has 0 bridgehead atoms. The summed E-state index contributed by atoms with van der Waals surface area (Å²) in [5.41, 5.74) is 5.01. The Morgan fingerprint density at radius 1 is 1.86 bits per heavy atom. The van der Waals surface area contributed by atoms with E-state index in [2.05, 4.69) is 5.32 Å². The zero-order chi connectivity index (χ0) is 5.70. The van der Waals surface area contributed by atoms with E-state index in [4.69, 9.17) is 5.73 Å². The lowest BCUT2D eigenvalue weighted by Crippen LogP contribution is -2.26. The minimum atomic E-state index is 0.116. The summed E-state index contributed by atoms with van der Waals surface area (Å²) in [5.74, 6) is 0.116. The predicted octanol–water partition coefficient (Wildman–Crippen LogP) is -0.919. The third-order valence-corrected chi connectivity index (χ3v) is 0.518. The molecule has 42 valence electrons. The monoisotopic (exact) mass is 102 g/mol. The van der Waals surface area contributed by atoms with E-state index in [0.29, 0.717) is 13.2 Å². The maximum absolute atomic E-state index is 10.1. The maximum Gasteiger partial charge on any atom is 0.143 e. The third kappa shape index (κ3) is 5.59. The van der Waals surface area contributed by atoms with Crippen LogP contribution in [0.1, 0.15) is 6.92 Å². The van der Waals surface area contributed by atoms with Gasteiger partial charge in [-0.3, -0.25) is 10.1 Å². The van der Waals surface area contributed by atoms with Gasteiger partial charge >= 0.3 is 0 Å². The Labute approximate surface area is 42.9 Å². The fraction of sp³-hybridized carbons (Fsp3) is 0.750. The Bertz CT molecular complexity index is 62.7. The molecule has 0 aromatic carbocycles. The van der Waals surface area contributed by atoms with Crippen LogP contribution in [0.2, 0.25) is 0 Å². The lowest BCUT2D eigenvalue weighted by Gasteiger charge is -1.91. The highest BCUT2D eigenvalue weighted by Gasteiger charge is 1.85. The van der Waals surface area contributed by atoms with E-state index >= 15 is 0 Å². The second kappa shape index (κ2) is 3.77. The number of ketones is 1. The van der Waals surface area contributed by atoms with Gasteiger partial charge in [-0.05, 0) is 6.92 Å².